The Morgan fingerprint density at radius 1 is 1.22 bits per heavy atom. The summed E-state index contributed by atoms with van der Waals surface area (Å²) in [5.41, 5.74) is 1.09. The second-order valence-corrected chi connectivity index (χ2v) is 7.79. The number of hydrogen-bond acceptors (Lipinski definition) is 5. The summed E-state index contributed by atoms with van der Waals surface area (Å²) in [5.74, 6) is 0.423. The largest absolute Gasteiger partial charge is 0.366 e. The monoisotopic (exact) mass is 374 g/mol. The highest BCUT2D eigenvalue weighted by Gasteiger charge is 2.27. The van der Waals surface area contributed by atoms with Crippen LogP contribution in [0.2, 0.25) is 0 Å². The van der Waals surface area contributed by atoms with Crippen LogP contribution in [-0.4, -0.2) is 66.4 Å². The molecule has 1 amide bonds. The molecule has 2 fully saturated rings. The number of carbonyl (C=O) groups excluding carboxylic acids is 1. The molecule has 1 aromatic rings. The van der Waals surface area contributed by atoms with Crippen molar-refractivity contribution in [1.29, 1.82) is 0 Å². The quantitative estimate of drug-likeness (QED) is 0.585. The molecule has 2 saturated heterocycles. The zero-order chi connectivity index (χ0) is 19.4. The van der Waals surface area contributed by atoms with E-state index in [0.29, 0.717) is 30.3 Å². The number of piperidine rings is 1. The van der Waals surface area contributed by atoms with Gasteiger partial charge in [-0.1, -0.05) is 13.8 Å². The van der Waals surface area contributed by atoms with Crippen LogP contribution < -0.4 is 4.90 Å². The molecular weight excluding hydrogens is 344 g/mol. The first-order valence-electron chi connectivity index (χ1n) is 10.0. The van der Waals surface area contributed by atoms with E-state index in [2.05, 4.69) is 23.6 Å². The molecular formula is C20H30N4O3. The molecule has 0 spiro atoms. The predicted molar refractivity (Wildman–Crippen MR) is 106 cm³/mol. The smallest absolute Gasteiger partial charge is 0.293 e. The molecule has 3 rings (SSSR count). The number of nitro benzene ring substituents is 1. The molecule has 0 unspecified atom stereocenters. The normalized spacial score (nSPS) is 21.3. The van der Waals surface area contributed by atoms with Crippen molar-refractivity contribution in [3.05, 3.63) is 33.9 Å². The number of benzene rings is 1. The van der Waals surface area contributed by atoms with Crippen LogP contribution in [0.3, 0.4) is 0 Å². The van der Waals surface area contributed by atoms with Gasteiger partial charge >= 0.3 is 0 Å². The van der Waals surface area contributed by atoms with Gasteiger partial charge in [0, 0.05) is 50.9 Å². The van der Waals surface area contributed by atoms with Crippen molar-refractivity contribution in [2.75, 3.05) is 50.7 Å². The number of nitro groups is 1. The molecule has 148 valence electrons. The lowest BCUT2D eigenvalue weighted by molar-refractivity contribution is -0.384. The number of piperazine rings is 1. The van der Waals surface area contributed by atoms with Crippen LogP contribution in [0.15, 0.2) is 18.2 Å². The Labute approximate surface area is 161 Å². The molecule has 1 atom stereocenters. The number of anilines is 1. The van der Waals surface area contributed by atoms with E-state index in [1.807, 2.05) is 4.90 Å². The minimum atomic E-state index is -0.357. The van der Waals surface area contributed by atoms with Crippen LogP contribution in [0.1, 0.15) is 43.5 Å². The highest BCUT2D eigenvalue weighted by molar-refractivity contribution is 5.96. The van der Waals surface area contributed by atoms with Gasteiger partial charge in [0.25, 0.3) is 11.6 Å². The molecule has 2 heterocycles. The van der Waals surface area contributed by atoms with Crippen LogP contribution in [-0.2, 0) is 0 Å². The first-order chi connectivity index (χ1) is 13.0. The van der Waals surface area contributed by atoms with E-state index in [4.69, 9.17) is 0 Å². The van der Waals surface area contributed by atoms with Crippen molar-refractivity contribution in [3.63, 3.8) is 0 Å². The summed E-state index contributed by atoms with van der Waals surface area (Å²) >= 11 is 0. The summed E-state index contributed by atoms with van der Waals surface area (Å²) in [6.07, 6.45) is 3.31. The summed E-state index contributed by atoms with van der Waals surface area (Å²) in [7, 11) is 0. The van der Waals surface area contributed by atoms with Gasteiger partial charge in [0.2, 0.25) is 0 Å². The molecule has 0 saturated carbocycles. The van der Waals surface area contributed by atoms with Gasteiger partial charge in [-0.05, 0) is 43.9 Å². The van der Waals surface area contributed by atoms with Crippen molar-refractivity contribution in [2.24, 2.45) is 5.92 Å². The molecule has 0 bridgehead atoms. The highest BCUT2D eigenvalue weighted by atomic mass is 16.6. The average Bonchev–Trinajstić information content (AvgIpc) is 2.68. The molecule has 27 heavy (non-hydrogen) atoms. The minimum Gasteiger partial charge on any atom is -0.366 e. The third kappa shape index (κ3) is 4.58. The van der Waals surface area contributed by atoms with Gasteiger partial charge < -0.3 is 9.80 Å². The highest BCUT2D eigenvalue weighted by Crippen LogP contribution is 2.32. The molecule has 7 heteroatoms. The zero-order valence-corrected chi connectivity index (χ0v) is 16.4. The Morgan fingerprint density at radius 3 is 2.59 bits per heavy atom. The third-order valence-electron chi connectivity index (χ3n) is 5.62. The van der Waals surface area contributed by atoms with Gasteiger partial charge in [-0.25, -0.2) is 0 Å². The maximum Gasteiger partial charge on any atom is 0.293 e. The molecule has 0 radical (unpaired) electrons. The van der Waals surface area contributed by atoms with Crippen molar-refractivity contribution >= 4 is 17.3 Å². The lowest BCUT2D eigenvalue weighted by Crippen LogP contribution is -2.48. The predicted octanol–water partition coefficient (Wildman–Crippen LogP) is 3.00. The van der Waals surface area contributed by atoms with Gasteiger partial charge in [-0.2, -0.15) is 0 Å². The Bertz CT molecular complexity index is 686. The van der Waals surface area contributed by atoms with Gasteiger partial charge in [0.05, 0.1) is 4.92 Å². The van der Waals surface area contributed by atoms with E-state index in [9.17, 15) is 14.9 Å². The SMILES string of the molecule is CCCN1CCN(C(=O)c2ccc(N3CCC[C@@H](C)C3)c([N+](=O)[O-])c2)CC1. The molecule has 0 aromatic heterocycles. The zero-order valence-electron chi connectivity index (χ0n) is 16.4. The number of nitrogens with zero attached hydrogens (tertiary/aromatic N) is 4. The van der Waals surface area contributed by atoms with Crippen LogP contribution in [0.5, 0.6) is 0 Å². The molecule has 0 aliphatic carbocycles. The Kier molecular flexibility index (Phi) is 6.31. The molecule has 0 N–H and O–H groups in total. The third-order valence-corrected chi connectivity index (χ3v) is 5.62. The van der Waals surface area contributed by atoms with E-state index in [1.165, 1.54) is 6.07 Å². The number of rotatable bonds is 5. The summed E-state index contributed by atoms with van der Waals surface area (Å²) in [5, 5.41) is 11.7. The summed E-state index contributed by atoms with van der Waals surface area (Å²) in [6.45, 7) is 10.1. The van der Waals surface area contributed by atoms with E-state index in [0.717, 1.165) is 52.0 Å². The van der Waals surface area contributed by atoms with Crippen LogP contribution in [0.25, 0.3) is 0 Å². The Hall–Kier alpha value is -2.15. The Morgan fingerprint density at radius 2 is 1.96 bits per heavy atom. The summed E-state index contributed by atoms with van der Waals surface area (Å²) in [6, 6.07) is 4.98. The minimum absolute atomic E-state index is 0.0413. The fourth-order valence-corrected chi connectivity index (χ4v) is 4.15. The molecule has 2 aliphatic heterocycles. The second kappa shape index (κ2) is 8.69. The van der Waals surface area contributed by atoms with Gasteiger partial charge in [-0.3, -0.25) is 19.8 Å². The van der Waals surface area contributed by atoms with Crippen LogP contribution in [0.4, 0.5) is 11.4 Å². The lowest BCUT2D eigenvalue weighted by Gasteiger charge is -2.35. The lowest BCUT2D eigenvalue weighted by atomic mass is 9.99. The van der Waals surface area contributed by atoms with Gasteiger partial charge in [0.15, 0.2) is 0 Å². The number of hydrogen-bond donors (Lipinski definition) is 0. The fraction of sp³-hybridized carbons (Fsp3) is 0.650. The van der Waals surface area contributed by atoms with E-state index < -0.39 is 0 Å². The first-order valence-corrected chi connectivity index (χ1v) is 10.0. The van der Waals surface area contributed by atoms with Crippen molar-refractivity contribution in [3.8, 4) is 0 Å². The maximum atomic E-state index is 12.8. The van der Waals surface area contributed by atoms with Crippen LogP contribution in [0, 0.1) is 16.0 Å². The van der Waals surface area contributed by atoms with Crippen molar-refractivity contribution in [1.82, 2.24) is 9.80 Å². The average molecular weight is 374 g/mol. The van der Waals surface area contributed by atoms with Crippen molar-refractivity contribution in [2.45, 2.75) is 33.1 Å². The summed E-state index contributed by atoms with van der Waals surface area (Å²) < 4.78 is 0. The fourth-order valence-electron chi connectivity index (χ4n) is 4.15. The number of carbonyl (C=O) groups is 1. The Balaban J connectivity index is 1.76. The molecule has 2 aliphatic rings. The molecule has 7 nitrogen and oxygen atoms in total. The maximum absolute atomic E-state index is 12.8. The van der Waals surface area contributed by atoms with E-state index in [1.54, 1.807) is 12.1 Å². The number of amides is 1. The second-order valence-electron chi connectivity index (χ2n) is 7.79. The summed E-state index contributed by atoms with van der Waals surface area (Å²) in [4.78, 5) is 30.4. The van der Waals surface area contributed by atoms with Gasteiger partial charge in [0.1, 0.15) is 5.69 Å². The van der Waals surface area contributed by atoms with E-state index >= 15 is 0 Å². The first kappa shape index (κ1) is 19.6. The molecule has 1 aromatic carbocycles. The standard InChI is InChI=1S/C20H30N4O3/c1-3-8-21-10-12-22(13-11-21)20(25)17-6-7-18(19(14-17)24(26)27)23-9-4-5-16(2)15-23/h6-7,14,16H,3-5,8-13,15H2,1-2H3/t16-/m1/s1. The van der Waals surface area contributed by atoms with Crippen molar-refractivity contribution < 1.29 is 9.72 Å². The van der Waals surface area contributed by atoms with Gasteiger partial charge in [-0.15, -0.1) is 0 Å². The van der Waals surface area contributed by atoms with Crippen LogP contribution >= 0.6 is 0 Å². The topological polar surface area (TPSA) is 69.9 Å². The van der Waals surface area contributed by atoms with E-state index in [-0.39, 0.29) is 16.5 Å².